The van der Waals surface area contributed by atoms with Gasteiger partial charge in [-0.3, -0.25) is 14.5 Å². The lowest BCUT2D eigenvalue weighted by atomic mass is 9.99. The molecule has 3 aliphatic heterocycles. The molecular weight excluding hydrogens is 617 g/mol. The molecule has 6 rings (SSSR count). The number of piperazine rings is 1. The number of hydrogen-bond acceptors (Lipinski definition) is 9. The van der Waals surface area contributed by atoms with E-state index >= 15 is 0 Å². The van der Waals surface area contributed by atoms with Gasteiger partial charge < -0.3 is 29.7 Å². The van der Waals surface area contributed by atoms with Gasteiger partial charge in [-0.15, -0.1) is 0 Å². The monoisotopic (exact) mass is 654 g/mol. The standard InChI is InChI=1S/C33H37F3N6O5/c34-33(35,36)31(45)42-13-2-6-27(42)29(44)39-25-5-1-4-24(18-25)30-46-26(19-28(47-30)23-9-7-22(21-43)8-10-23)20-40-14-16-41(17-15-40)32-37-11-3-12-38-32/h1,3-5,7-12,18,26-28,30,43H,2,6,13-17,19-21H2,(H,39,44)/t26-,27-,28+,30+/m0/s1. The first kappa shape index (κ1) is 32.8. The van der Waals surface area contributed by atoms with Crippen molar-refractivity contribution in [1.29, 1.82) is 0 Å². The van der Waals surface area contributed by atoms with Crippen LogP contribution in [0.4, 0.5) is 24.8 Å². The molecule has 0 spiro atoms. The molecule has 2 N–H and O–H groups in total. The summed E-state index contributed by atoms with van der Waals surface area (Å²) in [5, 5.41) is 12.2. The first-order valence-corrected chi connectivity index (χ1v) is 15.7. The van der Waals surface area contributed by atoms with Crippen molar-refractivity contribution >= 4 is 23.5 Å². The fourth-order valence-corrected chi connectivity index (χ4v) is 6.34. The molecule has 3 aliphatic rings. The van der Waals surface area contributed by atoms with E-state index in [-0.39, 0.29) is 31.8 Å². The molecular formula is C33H37F3N6O5. The maximum atomic E-state index is 13.1. The number of aliphatic hydroxyl groups excluding tert-OH is 1. The van der Waals surface area contributed by atoms with E-state index in [4.69, 9.17) is 9.47 Å². The van der Waals surface area contributed by atoms with Crippen molar-refractivity contribution in [2.24, 2.45) is 0 Å². The van der Waals surface area contributed by atoms with Gasteiger partial charge in [0.2, 0.25) is 11.9 Å². The Hall–Kier alpha value is -4.11. The number of rotatable bonds is 8. The first-order valence-electron chi connectivity index (χ1n) is 15.7. The predicted molar refractivity (Wildman–Crippen MR) is 165 cm³/mol. The molecule has 3 saturated heterocycles. The molecule has 0 saturated carbocycles. The van der Waals surface area contributed by atoms with Crippen molar-refractivity contribution in [2.75, 3.05) is 49.5 Å². The summed E-state index contributed by atoms with van der Waals surface area (Å²) >= 11 is 0. The fourth-order valence-electron chi connectivity index (χ4n) is 6.34. The molecule has 2 amide bonds. The van der Waals surface area contributed by atoms with E-state index in [2.05, 4.69) is 25.1 Å². The minimum absolute atomic E-state index is 0.0678. The summed E-state index contributed by atoms with van der Waals surface area (Å²) in [6.45, 7) is 3.62. The number of hydrogen-bond donors (Lipinski definition) is 2. The van der Waals surface area contributed by atoms with Crippen LogP contribution in [0.2, 0.25) is 0 Å². The number of carbonyl (C=O) groups is 2. The van der Waals surface area contributed by atoms with Gasteiger partial charge in [-0.2, -0.15) is 13.2 Å². The maximum Gasteiger partial charge on any atom is 0.471 e. The largest absolute Gasteiger partial charge is 0.471 e. The zero-order valence-electron chi connectivity index (χ0n) is 25.7. The van der Waals surface area contributed by atoms with E-state index < -0.39 is 30.3 Å². The van der Waals surface area contributed by atoms with Gasteiger partial charge in [0.25, 0.3) is 0 Å². The zero-order chi connectivity index (χ0) is 33.0. The third kappa shape index (κ3) is 7.89. The number of nitrogens with one attached hydrogen (secondary N) is 1. The number of amides is 2. The minimum atomic E-state index is -5.05. The summed E-state index contributed by atoms with van der Waals surface area (Å²) in [5.41, 5.74) is 2.71. The maximum absolute atomic E-state index is 13.1. The Labute approximate surface area is 270 Å². The van der Waals surface area contributed by atoms with Crippen LogP contribution in [-0.4, -0.2) is 94.3 Å². The number of aromatic nitrogens is 2. The summed E-state index contributed by atoms with van der Waals surface area (Å²) < 4.78 is 52.3. The van der Waals surface area contributed by atoms with Crippen LogP contribution in [0, 0.1) is 0 Å². The number of halogens is 3. The van der Waals surface area contributed by atoms with Gasteiger partial charge in [0.05, 0.1) is 18.8 Å². The molecule has 3 fully saturated rings. The van der Waals surface area contributed by atoms with Gasteiger partial charge in [-0.1, -0.05) is 36.4 Å². The van der Waals surface area contributed by atoms with Crippen LogP contribution in [0.15, 0.2) is 67.0 Å². The van der Waals surface area contributed by atoms with Crippen molar-refractivity contribution in [2.45, 2.75) is 56.6 Å². The Bertz CT molecular complexity index is 1520. The lowest BCUT2D eigenvalue weighted by Gasteiger charge is -2.40. The SMILES string of the molecule is O=C(Nc1cccc([C@@H]2O[C@H](CN3CCN(c4ncccn4)CC3)C[C@H](c3ccc(CO)cc3)O2)c1)[C@@H]1CCCN1C(=O)C(F)(F)F. The molecule has 11 nitrogen and oxygen atoms in total. The van der Waals surface area contributed by atoms with E-state index in [1.165, 1.54) is 0 Å². The second kappa shape index (κ2) is 14.3. The number of alkyl halides is 3. The summed E-state index contributed by atoms with van der Waals surface area (Å²) in [4.78, 5) is 38.8. The molecule has 0 radical (unpaired) electrons. The molecule has 1 aromatic heterocycles. The molecule has 4 heterocycles. The van der Waals surface area contributed by atoms with Crippen molar-refractivity contribution in [3.8, 4) is 0 Å². The second-order valence-corrected chi connectivity index (χ2v) is 12.0. The Morgan fingerprint density at radius 2 is 1.68 bits per heavy atom. The highest BCUT2D eigenvalue weighted by Gasteiger charge is 2.47. The first-order chi connectivity index (χ1) is 22.7. The zero-order valence-corrected chi connectivity index (χ0v) is 25.7. The smallest absolute Gasteiger partial charge is 0.392 e. The highest BCUT2D eigenvalue weighted by Crippen LogP contribution is 2.39. The van der Waals surface area contributed by atoms with Gasteiger partial charge in [0.1, 0.15) is 6.04 Å². The van der Waals surface area contributed by atoms with Crippen molar-refractivity contribution < 1.29 is 37.3 Å². The van der Waals surface area contributed by atoms with E-state index in [0.717, 1.165) is 37.3 Å². The van der Waals surface area contributed by atoms with Gasteiger partial charge in [-0.25, -0.2) is 9.97 Å². The van der Waals surface area contributed by atoms with Crippen molar-refractivity contribution in [3.63, 3.8) is 0 Å². The molecule has 0 bridgehead atoms. The molecule has 0 aliphatic carbocycles. The van der Waals surface area contributed by atoms with E-state index in [1.54, 1.807) is 36.7 Å². The highest BCUT2D eigenvalue weighted by molar-refractivity contribution is 5.98. The number of benzene rings is 2. The number of anilines is 2. The van der Waals surface area contributed by atoms with Crippen LogP contribution in [-0.2, 0) is 25.7 Å². The highest BCUT2D eigenvalue weighted by atomic mass is 19.4. The van der Waals surface area contributed by atoms with Gasteiger partial charge in [0.15, 0.2) is 6.29 Å². The summed E-state index contributed by atoms with van der Waals surface area (Å²) in [6.07, 6.45) is -1.84. The topological polar surface area (TPSA) is 120 Å². The van der Waals surface area contributed by atoms with Gasteiger partial charge in [-0.05, 0) is 42.2 Å². The van der Waals surface area contributed by atoms with E-state index in [9.17, 15) is 27.9 Å². The number of carbonyl (C=O) groups excluding carboxylic acids is 2. The van der Waals surface area contributed by atoms with Crippen molar-refractivity contribution in [1.82, 2.24) is 19.8 Å². The Balaban J connectivity index is 1.15. The van der Waals surface area contributed by atoms with E-state index in [0.29, 0.717) is 41.5 Å². The number of aliphatic hydroxyl groups is 1. The average Bonchev–Trinajstić information content (AvgIpc) is 3.58. The summed E-state index contributed by atoms with van der Waals surface area (Å²) in [7, 11) is 0. The lowest BCUT2D eigenvalue weighted by Crippen LogP contribution is -2.50. The molecule has 47 heavy (non-hydrogen) atoms. The number of nitrogens with zero attached hydrogens (tertiary/aromatic N) is 5. The van der Waals surface area contributed by atoms with Crippen LogP contribution in [0.1, 0.15) is 48.3 Å². The third-order valence-electron chi connectivity index (χ3n) is 8.77. The second-order valence-electron chi connectivity index (χ2n) is 12.0. The fraction of sp³-hybridized carbons (Fsp3) is 0.455. The molecule has 250 valence electrons. The molecule has 4 atom stereocenters. The Morgan fingerprint density at radius 3 is 2.38 bits per heavy atom. The van der Waals surface area contributed by atoms with Crippen LogP contribution in [0.5, 0.6) is 0 Å². The number of likely N-dealkylation sites (tertiary alicyclic amines) is 1. The Kier molecular flexibility index (Phi) is 10.0. The molecule has 0 unspecified atom stereocenters. The summed E-state index contributed by atoms with van der Waals surface area (Å²) in [6, 6.07) is 15.0. The third-order valence-corrected chi connectivity index (χ3v) is 8.77. The summed E-state index contributed by atoms with van der Waals surface area (Å²) in [5.74, 6) is -1.98. The van der Waals surface area contributed by atoms with Crippen molar-refractivity contribution in [3.05, 3.63) is 83.7 Å². The average molecular weight is 655 g/mol. The van der Waals surface area contributed by atoms with Gasteiger partial charge in [0, 0.05) is 69.3 Å². The minimum Gasteiger partial charge on any atom is -0.392 e. The Morgan fingerprint density at radius 1 is 0.936 bits per heavy atom. The van der Waals surface area contributed by atoms with Crippen LogP contribution in [0.3, 0.4) is 0 Å². The molecule has 3 aromatic rings. The van der Waals surface area contributed by atoms with E-state index in [1.807, 2.05) is 30.3 Å². The predicted octanol–water partition coefficient (Wildman–Crippen LogP) is 3.83. The lowest BCUT2D eigenvalue weighted by molar-refractivity contribution is -0.253. The van der Waals surface area contributed by atoms with Gasteiger partial charge >= 0.3 is 12.1 Å². The molecule has 14 heteroatoms. The molecule has 2 aromatic carbocycles. The normalized spacial score (nSPS) is 23.9. The van der Waals surface area contributed by atoms with Crippen LogP contribution < -0.4 is 10.2 Å². The number of ether oxygens (including phenoxy) is 2. The quantitative estimate of drug-likeness (QED) is 0.374. The van der Waals surface area contributed by atoms with Crippen LogP contribution in [0.25, 0.3) is 0 Å². The van der Waals surface area contributed by atoms with Crippen LogP contribution >= 0.6 is 0 Å².